The van der Waals surface area contributed by atoms with Crippen LogP contribution in [-0.4, -0.2) is 12.6 Å². The minimum atomic E-state index is -0.519. The smallest absolute Gasteiger partial charge is 0.320 e. The Kier molecular flexibility index (Phi) is 4.11. The highest BCUT2D eigenvalue weighted by atomic mass is 16.5. The van der Waals surface area contributed by atoms with E-state index < -0.39 is 5.97 Å². The molecule has 76 valence electrons. The largest absolute Gasteiger partial charge is 0.460 e. The number of esters is 1. The van der Waals surface area contributed by atoms with E-state index in [2.05, 4.69) is 6.58 Å². The topological polar surface area (TPSA) is 50.1 Å². The Morgan fingerprint density at radius 2 is 2.07 bits per heavy atom. The van der Waals surface area contributed by atoms with Crippen LogP contribution in [-0.2, 0) is 9.53 Å². The lowest BCUT2D eigenvalue weighted by molar-refractivity contribution is -0.140. The molecular weight excluding hydrogens is 190 g/mol. The zero-order chi connectivity index (χ0) is 11.1. The molecule has 0 saturated carbocycles. The van der Waals surface area contributed by atoms with Crippen LogP contribution in [0.3, 0.4) is 0 Å². The van der Waals surface area contributed by atoms with Gasteiger partial charge in [-0.25, -0.2) is 0 Å². The number of benzene rings is 1. The first-order valence-corrected chi connectivity index (χ1v) is 4.50. The van der Waals surface area contributed by atoms with Crippen LogP contribution in [0.4, 0.5) is 0 Å². The highest BCUT2D eigenvalue weighted by Gasteiger charge is 2.03. The van der Waals surface area contributed by atoms with Crippen LogP contribution in [0.2, 0.25) is 0 Å². The molecule has 0 atom stereocenters. The Labute approximate surface area is 88.6 Å². The quantitative estimate of drug-likeness (QED) is 0.701. The molecule has 0 amide bonds. The van der Waals surface area contributed by atoms with Gasteiger partial charge in [-0.3, -0.25) is 4.79 Å². The van der Waals surface area contributed by atoms with Gasteiger partial charge in [-0.1, -0.05) is 36.9 Å². The average molecular weight is 201 g/mol. The average Bonchev–Trinajstić information content (AvgIpc) is 2.27. The van der Waals surface area contributed by atoms with Crippen LogP contribution in [0.15, 0.2) is 36.9 Å². The molecular formula is C12H11NO2. The van der Waals surface area contributed by atoms with E-state index in [0.717, 1.165) is 11.1 Å². The van der Waals surface area contributed by atoms with Crippen molar-refractivity contribution >= 4 is 11.5 Å². The van der Waals surface area contributed by atoms with E-state index in [0.29, 0.717) is 0 Å². The molecule has 1 aromatic carbocycles. The van der Waals surface area contributed by atoms with Crippen LogP contribution in [0.1, 0.15) is 12.0 Å². The predicted molar refractivity (Wildman–Crippen MR) is 56.7 cm³/mol. The molecule has 0 bridgehead atoms. The van der Waals surface area contributed by atoms with Gasteiger partial charge in [0.1, 0.15) is 13.0 Å². The number of nitrogens with zero attached hydrogens (tertiary/aromatic N) is 1. The summed E-state index contributed by atoms with van der Waals surface area (Å²) < 4.78 is 4.84. The number of carbonyl (C=O) groups is 1. The van der Waals surface area contributed by atoms with Gasteiger partial charge in [0, 0.05) is 0 Å². The van der Waals surface area contributed by atoms with Crippen molar-refractivity contribution in [2.75, 3.05) is 6.61 Å². The van der Waals surface area contributed by atoms with Gasteiger partial charge in [0.05, 0.1) is 6.07 Å². The fraction of sp³-hybridized carbons (Fsp3) is 0.167. The third-order valence-corrected chi connectivity index (χ3v) is 1.81. The first kappa shape index (κ1) is 11.0. The molecule has 0 aliphatic carbocycles. The summed E-state index contributed by atoms with van der Waals surface area (Å²) in [6.45, 7) is 3.93. The van der Waals surface area contributed by atoms with E-state index in [1.54, 1.807) is 6.07 Å². The van der Waals surface area contributed by atoms with E-state index in [1.807, 2.05) is 30.3 Å². The summed E-state index contributed by atoms with van der Waals surface area (Å²) >= 11 is 0. The van der Waals surface area contributed by atoms with Crippen LogP contribution < -0.4 is 0 Å². The third-order valence-electron chi connectivity index (χ3n) is 1.81. The molecule has 0 saturated heterocycles. The molecule has 0 aliphatic rings. The van der Waals surface area contributed by atoms with Gasteiger partial charge in [-0.05, 0) is 11.1 Å². The lowest BCUT2D eigenvalue weighted by Gasteiger charge is -2.05. The van der Waals surface area contributed by atoms with Crippen molar-refractivity contribution in [2.45, 2.75) is 6.42 Å². The van der Waals surface area contributed by atoms with Crippen molar-refractivity contribution in [1.29, 1.82) is 5.26 Å². The first-order chi connectivity index (χ1) is 7.24. The summed E-state index contributed by atoms with van der Waals surface area (Å²) in [5, 5.41) is 8.25. The molecule has 1 rings (SSSR count). The zero-order valence-electron chi connectivity index (χ0n) is 8.27. The van der Waals surface area contributed by atoms with Gasteiger partial charge >= 0.3 is 5.97 Å². The third kappa shape index (κ3) is 3.65. The molecule has 1 aromatic rings. The number of hydrogen-bond acceptors (Lipinski definition) is 3. The van der Waals surface area contributed by atoms with Gasteiger partial charge in [-0.2, -0.15) is 5.26 Å². The molecule has 0 unspecified atom stereocenters. The van der Waals surface area contributed by atoms with E-state index in [9.17, 15) is 4.79 Å². The van der Waals surface area contributed by atoms with Gasteiger partial charge in [-0.15, -0.1) is 0 Å². The van der Waals surface area contributed by atoms with Crippen LogP contribution in [0.5, 0.6) is 0 Å². The van der Waals surface area contributed by atoms with Gasteiger partial charge in [0.25, 0.3) is 0 Å². The maximum Gasteiger partial charge on any atom is 0.320 e. The fourth-order valence-electron chi connectivity index (χ4n) is 1.04. The second kappa shape index (κ2) is 5.61. The lowest BCUT2D eigenvalue weighted by atomic mass is 10.1. The van der Waals surface area contributed by atoms with Crippen molar-refractivity contribution in [2.24, 2.45) is 0 Å². The van der Waals surface area contributed by atoms with Crippen molar-refractivity contribution in [3.8, 4) is 6.07 Å². The molecule has 0 heterocycles. The summed E-state index contributed by atoms with van der Waals surface area (Å²) in [5.41, 5.74) is 1.66. The van der Waals surface area contributed by atoms with Gasteiger partial charge in [0.15, 0.2) is 0 Å². The van der Waals surface area contributed by atoms with Gasteiger partial charge in [0.2, 0.25) is 0 Å². The lowest BCUT2D eigenvalue weighted by Crippen LogP contribution is -2.05. The summed E-state index contributed by atoms with van der Waals surface area (Å²) in [7, 11) is 0. The highest BCUT2D eigenvalue weighted by Crippen LogP contribution is 2.11. The molecule has 0 spiro atoms. The van der Waals surface area contributed by atoms with Crippen molar-refractivity contribution in [3.05, 3.63) is 42.5 Å². The van der Waals surface area contributed by atoms with E-state index >= 15 is 0 Å². The first-order valence-electron chi connectivity index (χ1n) is 4.50. The SMILES string of the molecule is C=C(COC(=O)CC#N)c1ccccc1. The maximum atomic E-state index is 10.9. The number of hydrogen-bond donors (Lipinski definition) is 0. The molecule has 15 heavy (non-hydrogen) atoms. The molecule has 0 N–H and O–H groups in total. The fourth-order valence-corrected chi connectivity index (χ4v) is 1.04. The summed E-state index contributed by atoms with van der Waals surface area (Å²) in [6.07, 6.45) is -0.220. The molecule has 3 heteroatoms. The van der Waals surface area contributed by atoms with Crippen molar-refractivity contribution in [3.63, 3.8) is 0 Å². The molecule has 0 aliphatic heterocycles. The van der Waals surface area contributed by atoms with Crippen LogP contribution in [0, 0.1) is 11.3 Å². The second-order valence-electron chi connectivity index (χ2n) is 2.97. The summed E-state index contributed by atoms with van der Waals surface area (Å²) in [4.78, 5) is 10.9. The molecule has 0 radical (unpaired) electrons. The van der Waals surface area contributed by atoms with Gasteiger partial charge < -0.3 is 4.74 Å². The summed E-state index contributed by atoms with van der Waals surface area (Å²) in [6, 6.07) is 11.2. The zero-order valence-corrected chi connectivity index (χ0v) is 8.27. The Hall–Kier alpha value is -2.08. The summed E-state index contributed by atoms with van der Waals surface area (Å²) in [5.74, 6) is -0.519. The van der Waals surface area contributed by atoms with Crippen LogP contribution in [0.25, 0.3) is 5.57 Å². The Balaban J connectivity index is 2.45. The second-order valence-corrected chi connectivity index (χ2v) is 2.97. The minimum absolute atomic E-state index is 0.129. The molecule has 0 aromatic heterocycles. The van der Waals surface area contributed by atoms with E-state index in [1.165, 1.54) is 0 Å². The molecule has 3 nitrogen and oxygen atoms in total. The van der Waals surface area contributed by atoms with Crippen LogP contribution >= 0.6 is 0 Å². The number of rotatable bonds is 4. The monoisotopic (exact) mass is 201 g/mol. The Bertz CT molecular complexity index is 390. The Morgan fingerprint density at radius 3 is 2.67 bits per heavy atom. The van der Waals surface area contributed by atoms with Crippen molar-refractivity contribution < 1.29 is 9.53 Å². The van der Waals surface area contributed by atoms with E-state index in [-0.39, 0.29) is 13.0 Å². The number of nitriles is 1. The standard InChI is InChI=1S/C12H11NO2/c1-10(9-15-12(14)7-8-13)11-5-3-2-4-6-11/h2-6H,1,7,9H2. The number of ether oxygens (including phenoxy) is 1. The normalized spacial score (nSPS) is 9.00. The number of carbonyl (C=O) groups excluding carboxylic acids is 1. The minimum Gasteiger partial charge on any atom is -0.460 e. The van der Waals surface area contributed by atoms with E-state index in [4.69, 9.17) is 10.00 Å². The Morgan fingerprint density at radius 1 is 1.40 bits per heavy atom. The molecule has 0 fully saturated rings. The maximum absolute atomic E-state index is 10.9. The van der Waals surface area contributed by atoms with Crippen molar-refractivity contribution in [1.82, 2.24) is 0 Å². The highest BCUT2D eigenvalue weighted by molar-refractivity contribution is 5.74. The predicted octanol–water partition coefficient (Wildman–Crippen LogP) is 2.16.